The van der Waals surface area contributed by atoms with Crippen LogP contribution in [0.5, 0.6) is 5.75 Å². The molecule has 15 heavy (non-hydrogen) atoms. The molecule has 0 radical (unpaired) electrons. The first-order chi connectivity index (χ1) is 7.31. The normalized spacial score (nSPS) is 10.3. The van der Waals surface area contributed by atoms with E-state index in [1.165, 1.54) is 11.1 Å². The number of hydrogen-bond acceptors (Lipinski definition) is 3. The highest BCUT2D eigenvalue weighted by Gasteiger charge is 2.01. The maximum absolute atomic E-state index is 5.36. The molecule has 1 rings (SSSR count). The summed E-state index contributed by atoms with van der Waals surface area (Å²) in [6, 6.07) is 6.35. The maximum Gasteiger partial charge on any atom is 0.122 e. The molecular weight excluding hydrogens is 188 g/mol. The van der Waals surface area contributed by atoms with Crippen LogP contribution in [0, 0.1) is 0 Å². The molecule has 0 aliphatic rings. The van der Waals surface area contributed by atoms with Crippen LogP contribution in [0.25, 0.3) is 0 Å². The van der Waals surface area contributed by atoms with Crippen molar-refractivity contribution in [2.24, 2.45) is 5.73 Å². The summed E-state index contributed by atoms with van der Waals surface area (Å²) in [5, 5.41) is 3.11. The summed E-state index contributed by atoms with van der Waals surface area (Å²) in [5.41, 5.74) is 7.96. The van der Waals surface area contributed by atoms with E-state index in [0.717, 1.165) is 25.1 Å². The van der Waals surface area contributed by atoms with Crippen molar-refractivity contribution in [2.45, 2.75) is 19.8 Å². The van der Waals surface area contributed by atoms with Crippen LogP contribution in [0.15, 0.2) is 18.2 Å². The number of hydrogen-bond donors (Lipinski definition) is 2. The standard InChI is InChI=1S/C12H20N2O/c1-3-11-8-10(6-7-14-9-13)4-5-12(11)15-2/h4-5,8,14H,3,6-7,9,13H2,1-2H3. The first kappa shape index (κ1) is 12.0. The van der Waals surface area contributed by atoms with Crippen molar-refractivity contribution in [3.05, 3.63) is 29.3 Å². The van der Waals surface area contributed by atoms with Crippen molar-refractivity contribution in [3.8, 4) is 5.75 Å². The van der Waals surface area contributed by atoms with Crippen LogP contribution >= 0.6 is 0 Å². The topological polar surface area (TPSA) is 47.3 Å². The lowest BCUT2D eigenvalue weighted by atomic mass is 10.1. The highest BCUT2D eigenvalue weighted by atomic mass is 16.5. The van der Waals surface area contributed by atoms with Gasteiger partial charge in [0.15, 0.2) is 0 Å². The van der Waals surface area contributed by atoms with E-state index < -0.39 is 0 Å². The molecule has 3 nitrogen and oxygen atoms in total. The van der Waals surface area contributed by atoms with E-state index in [1.807, 2.05) is 6.07 Å². The van der Waals surface area contributed by atoms with Gasteiger partial charge in [-0.05, 0) is 30.0 Å². The van der Waals surface area contributed by atoms with E-state index in [9.17, 15) is 0 Å². The minimum atomic E-state index is 0.538. The van der Waals surface area contributed by atoms with Gasteiger partial charge in [-0.1, -0.05) is 19.1 Å². The van der Waals surface area contributed by atoms with E-state index in [-0.39, 0.29) is 0 Å². The predicted octanol–water partition coefficient (Wildman–Crippen LogP) is 1.31. The Hall–Kier alpha value is -1.06. The minimum absolute atomic E-state index is 0.538. The molecule has 84 valence electrons. The third-order valence-electron chi connectivity index (χ3n) is 2.46. The van der Waals surface area contributed by atoms with Crippen LogP contribution in [0.2, 0.25) is 0 Å². The maximum atomic E-state index is 5.36. The smallest absolute Gasteiger partial charge is 0.122 e. The van der Waals surface area contributed by atoms with Crippen molar-refractivity contribution in [1.82, 2.24) is 5.32 Å². The second-order valence-electron chi connectivity index (χ2n) is 3.45. The molecule has 0 heterocycles. The fourth-order valence-electron chi connectivity index (χ4n) is 1.60. The van der Waals surface area contributed by atoms with Crippen molar-refractivity contribution < 1.29 is 4.74 Å². The van der Waals surface area contributed by atoms with E-state index in [4.69, 9.17) is 10.5 Å². The fraction of sp³-hybridized carbons (Fsp3) is 0.500. The number of methoxy groups -OCH3 is 1. The van der Waals surface area contributed by atoms with Gasteiger partial charge in [-0.15, -0.1) is 0 Å². The molecule has 0 aromatic heterocycles. The van der Waals surface area contributed by atoms with E-state index in [2.05, 4.69) is 24.4 Å². The van der Waals surface area contributed by atoms with Crippen molar-refractivity contribution in [2.75, 3.05) is 20.3 Å². The zero-order valence-electron chi connectivity index (χ0n) is 9.55. The molecular formula is C12H20N2O. The molecule has 0 saturated heterocycles. The van der Waals surface area contributed by atoms with Gasteiger partial charge in [0.25, 0.3) is 0 Å². The lowest BCUT2D eigenvalue weighted by Crippen LogP contribution is -2.24. The fourth-order valence-corrected chi connectivity index (χ4v) is 1.60. The van der Waals surface area contributed by atoms with Crippen LogP contribution in [-0.2, 0) is 12.8 Å². The molecule has 0 amide bonds. The van der Waals surface area contributed by atoms with E-state index >= 15 is 0 Å². The third kappa shape index (κ3) is 3.53. The molecule has 0 spiro atoms. The number of ether oxygens (including phenoxy) is 1. The monoisotopic (exact) mass is 208 g/mol. The summed E-state index contributed by atoms with van der Waals surface area (Å²) in [4.78, 5) is 0. The summed E-state index contributed by atoms with van der Waals surface area (Å²) in [7, 11) is 1.71. The highest BCUT2D eigenvalue weighted by molar-refractivity contribution is 5.37. The first-order valence-electron chi connectivity index (χ1n) is 5.38. The van der Waals surface area contributed by atoms with Crippen LogP contribution in [0.3, 0.4) is 0 Å². The van der Waals surface area contributed by atoms with Crippen LogP contribution in [-0.4, -0.2) is 20.3 Å². The van der Waals surface area contributed by atoms with Gasteiger partial charge in [0.2, 0.25) is 0 Å². The summed E-state index contributed by atoms with van der Waals surface area (Å²) in [6.45, 7) is 3.60. The Morgan fingerprint density at radius 2 is 2.20 bits per heavy atom. The second-order valence-corrected chi connectivity index (χ2v) is 3.45. The Kier molecular flexibility index (Phi) is 5.15. The molecule has 3 heteroatoms. The van der Waals surface area contributed by atoms with Gasteiger partial charge in [-0.3, -0.25) is 0 Å². The molecule has 0 fully saturated rings. The second kappa shape index (κ2) is 6.43. The molecule has 0 bridgehead atoms. The predicted molar refractivity (Wildman–Crippen MR) is 63.1 cm³/mol. The van der Waals surface area contributed by atoms with Gasteiger partial charge in [0.05, 0.1) is 7.11 Å². The molecule has 1 aromatic rings. The van der Waals surface area contributed by atoms with Gasteiger partial charge >= 0.3 is 0 Å². The molecule has 0 unspecified atom stereocenters. The Morgan fingerprint density at radius 1 is 1.40 bits per heavy atom. The van der Waals surface area contributed by atoms with Gasteiger partial charge in [0.1, 0.15) is 5.75 Å². The minimum Gasteiger partial charge on any atom is -0.496 e. The molecule has 0 aliphatic heterocycles. The Balaban J connectivity index is 2.66. The van der Waals surface area contributed by atoms with Crippen molar-refractivity contribution >= 4 is 0 Å². The van der Waals surface area contributed by atoms with Crippen LogP contribution in [0.1, 0.15) is 18.1 Å². The van der Waals surface area contributed by atoms with Gasteiger partial charge in [0, 0.05) is 13.2 Å². The SMILES string of the molecule is CCc1cc(CCNCN)ccc1OC. The summed E-state index contributed by atoms with van der Waals surface area (Å²) in [5.74, 6) is 0.980. The number of rotatable bonds is 6. The van der Waals surface area contributed by atoms with Crippen LogP contribution < -0.4 is 15.8 Å². The molecule has 0 atom stereocenters. The number of benzene rings is 1. The lowest BCUT2D eigenvalue weighted by Gasteiger charge is -2.09. The summed E-state index contributed by atoms with van der Waals surface area (Å²) in [6.07, 6.45) is 2.01. The number of aryl methyl sites for hydroxylation is 1. The highest BCUT2D eigenvalue weighted by Crippen LogP contribution is 2.20. The Bertz CT molecular complexity index is 300. The molecule has 1 aromatic carbocycles. The van der Waals surface area contributed by atoms with Crippen molar-refractivity contribution in [1.29, 1.82) is 0 Å². The first-order valence-corrected chi connectivity index (χ1v) is 5.38. The van der Waals surface area contributed by atoms with E-state index in [0.29, 0.717) is 6.67 Å². The van der Waals surface area contributed by atoms with Gasteiger partial charge in [-0.25, -0.2) is 0 Å². The zero-order chi connectivity index (χ0) is 11.1. The number of nitrogens with one attached hydrogen (secondary N) is 1. The molecule has 0 saturated carbocycles. The molecule has 0 aliphatic carbocycles. The Morgan fingerprint density at radius 3 is 2.80 bits per heavy atom. The average molecular weight is 208 g/mol. The van der Waals surface area contributed by atoms with Gasteiger partial charge in [-0.2, -0.15) is 0 Å². The van der Waals surface area contributed by atoms with Gasteiger partial charge < -0.3 is 15.8 Å². The van der Waals surface area contributed by atoms with Crippen LogP contribution in [0.4, 0.5) is 0 Å². The third-order valence-corrected chi connectivity index (χ3v) is 2.46. The average Bonchev–Trinajstić information content (AvgIpc) is 2.29. The Labute approximate surface area is 91.6 Å². The zero-order valence-corrected chi connectivity index (χ0v) is 9.55. The quantitative estimate of drug-likeness (QED) is 0.547. The van der Waals surface area contributed by atoms with Crippen molar-refractivity contribution in [3.63, 3.8) is 0 Å². The largest absolute Gasteiger partial charge is 0.496 e. The molecule has 3 N–H and O–H groups in total. The summed E-state index contributed by atoms with van der Waals surface area (Å²) < 4.78 is 5.28. The lowest BCUT2D eigenvalue weighted by molar-refractivity contribution is 0.410. The summed E-state index contributed by atoms with van der Waals surface area (Å²) >= 11 is 0. The number of nitrogens with two attached hydrogens (primary N) is 1. The van der Waals surface area contributed by atoms with E-state index in [1.54, 1.807) is 7.11 Å².